The van der Waals surface area contributed by atoms with Gasteiger partial charge >= 0.3 is 0 Å². The van der Waals surface area contributed by atoms with Gasteiger partial charge in [-0.1, -0.05) is 24.3 Å². The number of thiazole rings is 1. The molecule has 2 fully saturated rings. The molecule has 204 valence electrons. The number of anilines is 1. The highest BCUT2D eigenvalue weighted by atomic mass is 32.2. The third kappa shape index (κ3) is 5.93. The number of fused-ring (bicyclic) bond motifs is 1. The SMILES string of the molecule is CSc1cccc2sc(N(CCN3CCOCC3)C(=O)c3ccc(S(=O)(=O)N4CCCC(C)C4)cc3)nc12. The summed E-state index contributed by atoms with van der Waals surface area (Å²) >= 11 is 3.14. The van der Waals surface area contributed by atoms with Crippen molar-refractivity contribution in [3.05, 3.63) is 48.0 Å². The number of para-hydroxylation sites is 1. The first-order valence-corrected chi connectivity index (χ1v) is 16.5. The van der Waals surface area contributed by atoms with Crippen molar-refractivity contribution in [1.29, 1.82) is 0 Å². The maximum Gasteiger partial charge on any atom is 0.260 e. The average molecular weight is 575 g/mol. The van der Waals surface area contributed by atoms with Crippen molar-refractivity contribution >= 4 is 54.4 Å². The van der Waals surface area contributed by atoms with E-state index in [4.69, 9.17) is 9.72 Å². The van der Waals surface area contributed by atoms with E-state index in [2.05, 4.69) is 11.8 Å². The fraction of sp³-hybridized carbons (Fsp3) is 0.481. The predicted molar refractivity (Wildman–Crippen MR) is 154 cm³/mol. The van der Waals surface area contributed by atoms with E-state index in [1.165, 1.54) is 11.3 Å². The van der Waals surface area contributed by atoms with Crippen LogP contribution in [0.5, 0.6) is 0 Å². The maximum atomic E-state index is 13.8. The molecular weight excluding hydrogens is 541 g/mol. The number of benzene rings is 2. The number of thioether (sulfide) groups is 1. The van der Waals surface area contributed by atoms with Crippen LogP contribution in [0, 0.1) is 5.92 Å². The van der Waals surface area contributed by atoms with E-state index in [1.807, 2.05) is 24.5 Å². The number of rotatable bonds is 8. The lowest BCUT2D eigenvalue weighted by Gasteiger charge is -2.30. The predicted octanol–water partition coefficient (Wildman–Crippen LogP) is 4.42. The van der Waals surface area contributed by atoms with Crippen molar-refractivity contribution in [2.45, 2.75) is 29.6 Å². The first-order valence-electron chi connectivity index (χ1n) is 13.0. The Bertz CT molecular complexity index is 1370. The molecule has 1 amide bonds. The largest absolute Gasteiger partial charge is 0.379 e. The number of nitrogens with zero attached hydrogens (tertiary/aromatic N) is 4. The monoisotopic (exact) mass is 574 g/mol. The third-order valence-corrected chi connectivity index (χ3v) is 10.9. The van der Waals surface area contributed by atoms with Gasteiger partial charge in [-0.15, -0.1) is 11.8 Å². The van der Waals surface area contributed by atoms with Gasteiger partial charge in [-0.25, -0.2) is 13.4 Å². The molecule has 0 radical (unpaired) electrons. The molecule has 3 heterocycles. The number of hydrogen-bond donors (Lipinski definition) is 0. The van der Waals surface area contributed by atoms with Crippen molar-refractivity contribution in [3.63, 3.8) is 0 Å². The highest BCUT2D eigenvalue weighted by molar-refractivity contribution is 7.98. The van der Waals surface area contributed by atoms with Crippen LogP contribution in [0.4, 0.5) is 5.13 Å². The fourth-order valence-electron chi connectivity index (χ4n) is 4.98. The van der Waals surface area contributed by atoms with Crippen molar-refractivity contribution in [3.8, 4) is 0 Å². The Balaban J connectivity index is 1.41. The summed E-state index contributed by atoms with van der Waals surface area (Å²) in [6.45, 7) is 7.40. The molecule has 38 heavy (non-hydrogen) atoms. The molecule has 0 spiro atoms. The molecule has 2 aliphatic heterocycles. The van der Waals surface area contributed by atoms with Crippen LogP contribution in [0.15, 0.2) is 52.3 Å². The molecule has 2 aromatic carbocycles. The number of carbonyl (C=O) groups excluding carboxylic acids is 1. The molecule has 1 unspecified atom stereocenters. The summed E-state index contributed by atoms with van der Waals surface area (Å²) in [5.41, 5.74) is 1.35. The minimum Gasteiger partial charge on any atom is -0.379 e. The lowest BCUT2D eigenvalue weighted by molar-refractivity contribution is 0.0391. The second kappa shape index (κ2) is 12.0. The molecule has 8 nitrogen and oxygen atoms in total. The number of hydrogen-bond acceptors (Lipinski definition) is 8. The molecule has 0 N–H and O–H groups in total. The smallest absolute Gasteiger partial charge is 0.260 e. The number of aromatic nitrogens is 1. The Morgan fingerprint density at radius 3 is 2.63 bits per heavy atom. The fourth-order valence-corrected chi connectivity index (χ4v) is 8.22. The molecule has 2 aliphatic rings. The number of amides is 1. The maximum absolute atomic E-state index is 13.8. The second-order valence-electron chi connectivity index (χ2n) is 9.85. The minimum atomic E-state index is -3.58. The van der Waals surface area contributed by atoms with E-state index in [0.29, 0.717) is 56.0 Å². The van der Waals surface area contributed by atoms with Gasteiger partial charge in [0.15, 0.2) is 5.13 Å². The first-order chi connectivity index (χ1) is 18.4. The molecule has 5 rings (SSSR count). The lowest BCUT2D eigenvalue weighted by Crippen LogP contribution is -2.43. The number of sulfonamides is 1. The molecule has 0 bridgehead atoms. The van der Waals surface area contributed by atoms with Crippen molar-refractivity contribution < 1.29 is 17.9 Å². The number of morpholine rings is 1. The Hall–Kier alpha value is -2.02. The zero-order chi connectivity index (χ0) is 26.7. The summed E-state index contributed by atoms with van der Waals surface area (Å²) in [6, 6.07) is 12.5. The number of carbonyl (C=O) groups is 1. The van der Waals surface area contributed by atoms with E-state index in [-0.39, 0.29) is 10.8 Å². The second-order valence-corrected chi connectivity index (χ2v) is 13.6. The van der Waals surface area contributed by atoms with Crippen LogP contribution in [0.3, 0.4) is 0 Å². The quantitative estimate of drug-likeness (QED) is 0.369. The van der Waals surface area contributed by atoms with Crippen molar-refractivity contribution in [2.24, 2.45) is 5.92 Å². The van der Waals surface area contributed by atoms with Gasteiger partial charge < -0.3 is 4.74 Å². The third-order valence-electron chi connectivity index (χ3n) is 7.17. The van der Waals surface area contributed by atoms with E-state index >= 15 is 0 Å². The van der Waals surface area contributed by atoms with E-state index in [0.717, 1.165) is 41.0 Å². The molecule has 3 aromatic rings. The topological polar surface area (TPSA) is 83.0 Å². The zero-order valence-electron chi connectivity index (χ0n) is 21.8. The van der Waals surface area contributed by atoms with Crippen LogP contribution in [0.2, 0.25) is 0 Å². The summed E-state index contributed by atoms with van der Waals surface area (Å²) in [5, 5.41) is 0.652. The van der Waals surface area contributed by atoms with Crippen LogP contribution in [-0.4, -0.2) is 87.3 Å². The van der Waals surface area contributed by atoms with E-state index in [9.17, 15) is 13.2 Å². The van der Waals surface area contributed by atoms with Gasteiger partial charge in [0.25, 0.3) is 5.91 Å². The molecule has 0 saturated carbocycles. The lowest BCUT2D eigenvalue weighted by atomic mass is 10.0. The van der Waals surface area contributed by atoms with Crippen LogP contribution >= 0.6 is 23.1 Å². The van der Waals surface area contributed by atoms with E-state index in [1.54, 1.807) is 45.2 Å². The van der Waals surface area contributed by atoms with Gasteiger partial charge in [0.1, 0.15) is 0 Å². The van der Waals surface area contributed by atoms with E-state index < -0.39 is 10.0 Å². The average Bonchev–Trinajstić information content (AvgIpc) is 3.38. The normalized spacial score (nSPS) is 19.6. The zero-order valence-corrected chi connectivity index (χ0v) is 24.3. The highest BCUT2D eigenvalue weighted by Crippen LogP contribution is 2.35. The minimum absolute atomic E-state index is 0.182. The van der Waals surface area contributed by atoms with Crippen molar-refractivity contribution in [2.75, 3.05) is 63.6 Å². The molecule has 1 atom stereocenters. The molecule has 0 aliphatic carbocycles. The van der Waals surface area contributed by atoms with Crippen molar-refractivity contribution in [1.82, 2.24) is 14.2 Å². The molecule has 11 heteroatoms. The first kappa shape index (κ1) is 27.5. The summed E-state index contributed by atoms with van der Waals surface area (Å²) < 4.78 is 34.5. The van der Waals surface area contributed by atoms with Crippen LogP contribution in [0.25, 0.3) is 10.2 Å². The summed E-state index contributed by atoms with van der Waals surface area (Å²) in [4.78, 5) is 24.0. The Labute approximate surface area is 233 Å². The summed E-state index contributed by atoms with van der Waals surface area (Å²) in [6.07, 6.45) is 3.94. The Morgan fingerprint density at radius 1 is 1.16 bits per heavy atom. The summed E-state index contributed by atoms with van der Waals surface area (Å²) in [7, 11) is -3.58. The molecular formula is C27H34N4O4S3. The molecule has 2 saturated heterocycles. The Kier molecular flexibility index (Phi) is 8.71. The standard InChI is InChI=1S/C27H34N4O4S3/c1-20-5-4-12-30(19-20)38(33,34)22-10-8-21(9-11-22)26(32)31(14-13-29-15-17-35-18-16-29)27-28-25-23(36-2)6-3-7-24(25)37-27/h3,6-11,20H,4-5,12-19H2,1-2H3. The highest BCUT2D eigenvalue weighted by Gasteiger charge is 2.29. The van der Waals surface area contributed by atoms with Crippen LogP contribution in [0.1, 0.15) is 30.1 Å². The van der Waals surface area contributed by atoms with Gasteiger partial charge in [-0.05, 0) is 61.4 Å². The molecule has 1 aromatic heterocycles. The van der Waals surface area contributed by atoms with Gasteiger partial charge in [-0.3, -0.25) is 14.6 Å². The van der Waals surface area contributed by atoms with Crippen LogP contribution < -0.4 is 4.90 Å². The number of ether oxygens (including phenoxy) is 1. The Morgan fingerprint density at radius 2 is 1.92 bits per heavy atom. The van der Waals surface area contributed by atoms with Gasteiger partial charge in [0.2, 0.25) is 10.0 Å². The van der Waals surface area contributed by atoms with Gasteiger partial charge in [0, 0.05) is 49.7 Å². The van der Waals surface area contributed by atoms with Gasteiger partial charge in [-0.2, -0.15) is 4.31 Å². The van der Waals surface area contributed by atoms with Crippen LogP contribution in [-0.2, 0) is 14.8 Å². The summed E-state index contributed by atoms with van der Waals surface area (Å²) in [5.74, 6) is 0.165. The van der Waals surface area contributed by atoms with Gasteiger partial charge in [0.05, 0.1) is 28.3 Å². The number of piperidine rings is 1.